The maximum Gasteiger partial charge on any atom is 0.243 e. The molecule has 1 N–H and O–H groups in total. The Kier molecular flexibility index (Phi) is 3.36. The number of hydrogen-bond donors (Lipinski definition) is 1. The van der Waals surface area contributed by atoms with Crippen LogP contribution in [0.3, 0.4) is 0 Å². The zero-order valence-electron chi connectivity index (χ0n) is 7.01. The highest BCUT2D eigenvalue weighted by atomic mass is 35.5. The van der Waals surface area contributed by atoms with Crippen molar-refractivity contribution in [3.05, 3.63) is 28.0 Å². The molecule has 0 saturated heterocycles. The van der Waals surface area contributed by atoms with Crippen molar-refractivity contribution in [2.45, 2.75) is 4.90 Å². The van der Waals surface area contributed by atoms with E-state index in [1.807, 2.05) is 4.72 Å². The first-order valence-electron chi connectivity index (χ1n) is 3.47. The molecule has 0 saturated carbocycles. The third-order valence-corrected chi connectivity index (χ3v) is 3.77. The molecule has 0 amide bonds. The molecule has 0 atom stereocenters. The molecule has 0 heterocycles. The van der Waals surface area contributed by atoms with Gasteiger partial charge >= 0.3 is 0 Å². The van der Waals surface area contributed by atoms with Gasteiger partial charge in [0.2, 0.25) is 10.0 Å². The highest BCUT2D eigenvalue weighted by Crippen LogP contribution is 2.29. The standard InChI is InChI=1S/C7H6Cl2FNO2S/c1-11-14(12,13)5-3-2-4(8)6(9)7(5)10/h2-3,11H,1H3. The minimum Gasteiger partial charge on any atom is -0.214 e. The molecule has 1 rings (SSSR count). The molecule has 0 aliphatic heterocycles. The molecule has 0 aromatic heterocycles. The van der Waals surface area contributed by atoms with Crippen LogP contribution in [0.15, 0.2) is 17.0 Å². The molecule has 78 valence electrons. The number of hydrogen-bond acceptors (Lipinski definition) is 2. The van der Waals surface area contributed by atoms with E-state index in [0.717, 1.165) is 6.07 Å². The summed E-state index contributed by atoms with van der Waals surface area (Å²) in [6.07, 6.45) is 0. The molecule has 0 unspecified atom stereocenters. The van der Waals surface area contributed by atoms with Gasteiger partial charge in [0.15, 0.2) is 5.82 Å². The van der Waals surface area contributed by atoms with Crippen molar-refractivity contribution < 1.29 is 12.8 Å². The van der Waals surface area contributed by atoms with E-state index in [9.17, 15) is 12.8 Å². The average molecular weight is 258 g/mol. The van der Waals surface area contributed by atoms with E-state index in [0.29, 0.717) is 0 Å². The van der Waals surface area contributed by atoms with E-state index in [-0.39, 0.29) is 5.02 Å². The molecular formula is C7H6Cl2FNO2S. The van der Waals surface area contributed by atoms with Crippen LogP contribution in [-0.4, -0.2) is 15.5 Å². The lowest BCUT2D eigenvalue weighted by atomic mass is 10.3. The van der Waals surface area contributed by atoms with Crippen LogP contribution >= 0.6 is 23.2 Å². The van der Waals surface area contributed by atoms with Gasteiger partial charge < -0.3 is 0 Å². The first kappa shape index (κ1) is 11.7. The van der Waals surface area contributed by atoms with E-state index in [4.69, 9.17) is 23.2 Å². The molecule has 0 aliphatic rings. The Morgan fingerprint density at radius 3 is 2.43 bits per heavy atom. The molecule has 0 bridgehead atoms. The average Bonchev–Trinajstić information content (AvgIpc) is 2.14. The van der Waals surface area contributed by atoms with Crippen LogP contribution in [0.1, 0.15) is 0 Å². The monoisotopic (exact) mass is 257 g/mol. The second-order valence-electron chi connectivity index (χ2n) is 2.38. The van der Waals surface area contributed by atoms with Gasteiger partial charge in [-0.05, 0) is 19.2 Å². The lowest BCUT2D eigenvalue weighted by Gasteiger charge is -2.05. The molecular weight excluding hydrogens is 252 g/mol. The van der Waals surface area contributed by atoms with Gasteiger partial charge in [-0.3, -0.25) is 0 Å². The second-order valence-corrected chi connectivity index (χ2v) is 5.02. The highest BCUT2D eigenvalue weighted by Gasteiger charge is 2.20. The Labute approximate surface area is 90.9 Å². The predicted octanol–water partition coefficient (Wildman–Crippen LogP) is 2.04. The van der Waals surface area contributed by atoms with E-state index in [1.165, 1.54) is 13.1 Å². The van der Waals surface area contributed by atoms with Crippen LogP contribution in [0.4, 0.5) is 4.39 Å². The predicted molar refractivity (Wildman–Crippen MR) is 52.7 cm³/mol. The fraction of sp³-hybridized carbons (Fsp3) is 0.143. The number of rotatable bonds is 2. The van der Waals surface area contributed by atoms with Crippen LogP contribution in [0.25, 0.3) is 0 Å². The third-order valence-electron chi connectivity index (χ3n) is 1.56. The topological polar surface area (TPSA) is 46.2 Å². The Balaban J connectivity index is 3.47. The highest BCUT2D eigenvalue weighted by molar-refractivity contribution is 7.89. The summed E-state index contributed by atoms with van der Waals surface area (Å²) in [5.74, 6) is -1.05. The fourth-order valence-corrected chi connectivity index (χ4v) is 2.00. The molecule has 1 aromatic rings. The van der Waals surface area contributed by atoms with Crippen molar-refractivity contribution in [2.24, 2.45) is 0 Å². The van der Waals surface area contributed by atoms with Gasteiger partial charge in [0.25, 0.3) is 0 Å². The molecule has 0 fully saturated rings. The van der Waals surface area contributed by atoms with Gasteiger partial charge in [-0.15, -0.1) is 0 Å². The summed E-state index contributed by atoms with van der Waals surface area (Å²) < 4.78 is 37.8. The SMILES string of the molecule is CNS(=O)(=O)c1ccc(Cl)c(Cl)c1F. The van der Waals surface area contributed by atoms with E-state index >= 15 is 0 Å². The Morgan fingerprint density at radius 2 is 1.93 bits per heavy atom. The van der Waals surface area contributed by atoms with Gasteiger partial charge in [-0.25, -0.2) is 17.5 Å². The Bertz CT molecular complexity index is 461. The summed E-state index contributed by atoms with van der Waals surface area (Å²) in [6, 6.07) is 2.27. The van der Waals surface area contributed by atoms with Crippen molar-refractivity contribution in [3.8, 4) is 0 Å². The lowest BCUT2D eigenvalue weighted by Crippen LogP contribution is -2.19. The van der Waals surface area contributed by atoms with Gasteiger partial charge in [0.05, 0.1) is 10.0 Å². The van der Waals surface area contributed by atoms with Crippen molar-refractivity contribution in [1.82, 2.24) is 4.72 Å². The molecule has 7 heteroatoms. The summed E-state index contributed by atoms with van der Waals surface area (Å²) in [6.45, 7) is 0. The largest absolute Gasteiger partial charge is 0.243 e. The molecule has 0 aliphatic carbocycles. The summed E-state index contributed by atoms with van der Waals surface area (Å²) in [7, 11) is -2.66. The van der Waals surface area contributed by atoms with Crippen LogP contribution in [-0.2, 0) is 10.0 Å². The van der Waals surface area contributed by atoms with E-state index < -0.39 is 25.8 Å². The summed E-state index contributed by atoms with van der Waals surface area (Å²) in [4.78, 5) is -0.519. The number of sulfonamides is 1. The first-order valence-corrected chi connectivity index (χ1v) is 5.71. The maximum absolute atomic E-state index is 13.3. The fourth-order valence-electron chi connectivity index (χ4n) is 0.826. The van der Waals surface area contributed by atoms with Crippen molar-refractivity contribution in [2.75, 3.05) is 7.05 Å². The molecule has 1 aromatic carbocycles. The maximum atomic E-state index is 13.3. The smallest absolute Gasteiger partial charge is 0.214 e. The van der Waals surface area contributed by atoms with Crippen LogP contribution < -0.4 is 4.72 Å². The summed E-state index contributed by atoms with van der Waals surface area (Å²) in [5.41, 5.74) is 0. The minimum atomic E-state index is -3.84. The molecule has 0 radical (unpaired) electrons. The van der Waals surface area contributed by atoms with Crippen LogP contribution in [0.5, 0.6) is 0 Å². The van der Waals surface area contributed by atoms with Gasteiger partial charge in [-0.2, -0.15) is 0 Å². The van der Waals surface area contributed by atoms with Gasteiger partial charge in [0, 0.05) is 0 Å². The Hall–Kier alpha value is -0.360. The lowest BCUT2D eigenvalue weighted by molar-refractivity contribution is 0.562. The van der Waals surface area contributed by atoms with E-state index in [1.54, 1.807) is 0 Å². The second kappa shape index (κ2) is 4.02. The number of benzene rings is 1. The normalized spacial score (nSPS) is 11.7. The quantitative estimate of drug-likeness (QED) is 0.825. The third kappa shape index (κ3) is 2.00. The first-order chi connectivity index (χ1) is 6.40. The van der Waals surface area contributed by atoms with Crippen molar-refractivity contribution >= 4 is 33.2 Å². The molecule has 14 heavy (non-hydrogen) atoms. The van der Waals surface area contributed by atoms with Gasteiger partial charge in [-0.1, -0.05) is 23.2 Å². The van der Waals surface area contributed by atoms with Gasteiger partial charge in [0.1, 0.15) is 4.90 Å². The molecule has 3 nitrogen and oxygen atoms in total. The summed E-state index contributed by atoms with van der Waals surface area (Å²) in [5, 5.41) is -0.429. The van der Waals surface area contributed by atoms with Crippen molar-refractivity contribution in [3.63, 3.8) is 0 Å². The number of halogens is 3. The summed E-state index contributed by atoms with van der Waals surface area (Å²) >= 11 is 10.9. The van der Waals surface area contributed by atoms with Crippen LogP contribution in [0, 0.1) is 5.82 Å². The zero-order chi connectivity index (χ0) is 10.9. The zero-order valence-corrected chi connectivity index (χ0v) is 9.34. The Morgan fingerprint density at radius 1 is 1.36 bits per heavy atom. The molecule has 0 spiro atoms. The van der Waals surface area contributed by atoms with Crippen molar-refractivity contribution in [1.29, 1.82) is 0 Å². The number of nitrogens with one attached hydrogen (secondary N) is 1. The van der Waals surface area contributed by atoms with E-state index in [2.05, 4.69) is 0 Å². The minimum absolute atomic E-state index is 0.0285. The van der Waals surface area contributed by atoms with Crippen LogP contribution in [0.2, 0.25) is 10.0 Å².